The van der Waals surface area contributed by atoms with Gasteiger partial charge < -0.3 is 14.2 Å². The minimum Gasteiger partial charge on any atom is -0.454 e. The van der Waals surface area contributed by atoms with Crippen LogP contribution in [-0.4, -0.2) is 59.5 Å². The maximum absolute atomic E-state index is 11.9. The third-order valence-electron chi connectivity index (χ3n) is 2.38. The second-order valence-corrected chi connectivity index (χ2v) is 4.87. The second kappa shape index (κ2) is 10.2. The molecule has 0 rings (SSSR count). The Morgan fingerprint density at radius 3 is 1.22 bits per heavy atom. The van der Waals surface area contributed by atoms with Crippen molar-refractivity contribution >= 4 is 52.7 Å². The summed E-state index contributed by atoms with van der Waals surface area (Å²) in [7, 11) is 0. The Kier molecular flexibility index (Phi) is 9.43. The van der Waals surface area contributed by atoms with E-state index in [2.05, 4.69) is 0 Å². The van der Waals surface area contributed by atoms with Crippen LogP contribution < -0.4 is 0 Å². The predicted octanol–water partition coefficient (Wildman–Crippen LogP) is 0.397. The number of Topliss-reactive ketones (excluding diaryl/α,β-unsaturated/α-hetero) is 2. The van der Waals surface area contributed by atoms with E-state index in [9.17, 15) is 24.0 Å². The lowest BCUT2D eigenvalue weighted by Gasteiger charge is -2.29. The molecule has 0 saturated carbocycles. The summed E-state index contributed by atoms with van der Waals surface area (Å²) in [5.41, 5.74) is 0. The number of ether oxygens (including phenoxy) is 3. The highest BCUT2D eigenvalue weighted by molar-refractivity contribution is 6.29. The smallest absolute Gasteiger partial charge is 0.303 e. The molecule has 0 N–H and O–H groups in total. The van der Waals surface area contributed by atoms with Gasteiger partial charge in [-0.3, -0.25) is 24.0 Å². The molecule has 8 nitrogen and oxygen atoms in total. The molecule has 0 radical (unpaired) electrons. The van der Waals surface area contributed by atoms with E-state index in [1.54, 1.807) is 0 Å². The van der Waals surface area contributed by atoms with Gasteiger partial charge in [0.2, 0.25) is 12.2 Å². The molecule has 0 aliphatic rings. The second-order valence-electron chi connectivity index (χ2n) is 4.33. The van der Waals surface area contributed by atoms with Crippen LogP contribution in [0.4, 0.5) is 0 Å². The molecule has 0 saturated heterocycles. The maximum Gasteiger partial charge on any atom is 0.303 e. The number of ketones is 2. The largest absolute Gasteiger partial charge is 0.454 e. The van der Waals surface area contributed by atoms with Gasteiger partial charge in [0.15, 0.2) is 17.7 Å². The number of carbonyl (C=O) groups is 5. The van der Waals surface area contributed by atoms with Crippen LogP contribution in [0.15, 0.2) is 0 Å². The predicted molar refractivity (Wildman–Crippen MR) is 78.1 cm³/mol. The van der Waals surface area contributed by atoms with Crippen molar-refractivity contribution in [1.29, 1.82) is 0 Å². The Labute approximate surface area is 142 Å². The Bertz CT molecular complexity index is 454. The SMILES string of the molecule is CC(=O)OC([C@H](OC(C)=O)C(=O)CCl)[C@H](OC(C)=O)C(=O)CCl. The van der Waals surface area contributed by atoms with E-state index in [0.29, 0.717) is 0 Å². The highest BCUT2D eigenvalue weighted by Crippen LogP contribution is 2.17. The Morgan fingerprint density at radius 1 is 0.696 bits per heavy atom. The van der Waals surface area contributed by atoms with Gasteiger partial charge in [0.25, 0.3) is 0 Å². The van der Waals surface area contributed by atoms with Gasteiger partial charge in [-0.2, -0.15) is 0 Å². The zero-order valence-electron chi connectivity index (χ0n) is 12.7. The molecule has 0 aromatic carbocycles. The fraction of sp³-hybridized carbons (Fsp3) is 0.615. The van der Waals surface area contributed by atoms with Gasteiger partial charge in [0.1, 0.15) is 0 Å². The van der Waals surface area contributed by atoms with E-state index in [1.165, 1.54) is 0 Å². The van der Waals surface area contributed by atoms with Gasteiger partial charge >= 0.3 is 17.9 Å². The van der Waals surface area contributed by atoms with Crippen molar-refractivity contribution in [2.24, 2.45) is 0 Å². The summed E-state index contributed by atoms with van der Waals surface area (Å²) in [6, 6.07) is 0. The van der Waals surface area contributed by atoms with Crippen molar-refractivity contribution in [2.75, 3.05) is 11.8 Å². The van der Waals surface area contributed by atoms with Crippen LogP contribution in [0.2, 0.25) is 0 Å². The number of esters is 3. The van der Waals surface area contributed by atoms with Crippen LogP contribution in [0.25, 0.3) is 0 Å². The molecule has 0 spiro atoms. The molecule has 130 valence electrons. The molecular weight excluding hydrogens is 355 g/mol. The van der Waals surface area contributed by atoms with Crippen LogP contribution in [-0.2, 0) is 38.2 Å². The lowest BCUT2D eigenvalue weighted by Crippen LogP contribution is -2.52. The molecule has 23 heavy (non-hydrogen) atoms. The summed E-state index contributed by atoms with van der Waals surface area (Å²) in [5, 5.41) is 0. The highest BCUT2D eigenvalue weighted by atomic mass is 35.5. The first-order chi connectivity index (χ1) is 10.6. The van der Waals surface area contributed by atoms with Crippen molar-refractivity contribution < 1.29 is 38.2 Å². The molecule has 0 aliphatic carbocycles. The first kappa shape index (κ1) is 21.3. The molecule has 0 aromatic heterocycles. The van der Waals surface area contributed by atoms with Crippen LogP contribution in [0.1, 0.15) is 20.8 Å². The molecule has 0 aliphatic heterocycles. The Hall–Kier alpha value is -1.67. The zero-order valence-corrected chi connectivity index (χ0v) is 14.2. The molecule has 0 unspecified atom stereocenters. The Balaban J connectivity index is 5.82. The van der Waals surface area contributed by atoms with Crippen molar-refractivity contribution in [3.63, 3.8) is 0 Å². The first-order valence-electron chi connectivity index (χ1n) is 6.33. The lowest BCUT2D eigenvalue weighted by atomic mass is 10.0. The third kappa shape index (κ3) is 7.43. The third-order valence-corrected chi connectivity index (χ3v) is 2.91. The summed E-state index contributed by atoms with van der Waals surface area (Å²) in [6.45, 7) is 3.01. The summed E-state index contributed by atoms with van der Waals surface area (Å²) >= 11 is 10.9. The lowest BCUT2D eigenvalue weighted by molar-refractivity contribution is -0.186. The van der Waals surface area contributed by atoms with Crippen molar-refractivity contribution in [1.82, 2.24) is 0 Å². The van der Waals surface area contributed by atoms with E-state index >= 15 is 0 Å². The van der Waals surface area contributed by atoms with Gasteiger partial charge in [0.05, 0.1) is 11.8 Å². The molecule has 0 heterocycles. The van der Waals surface area contributed by atoms with Gasteiger partial charge in [-0.1, -0.05) is 0 Å². The zero-order chi connectivity index (χ0) is 18.2. The van der Waals surface area contributed by atoms with Crippen LogP contribution in [0, 0.1) is 0 Å². The number of hydrogen-bond donors (Lipinski definition) is 0. The molecule has 10 heteroatoms. The highest BCUT2D eigenvalue weighted by Gasteiger charge is 2.44. The van der Waals surface area contributed by atoms with Crippen LogP contribution in [0.5, 0.6) is 0 Å². The average molecular weight is 371 g/mol. The van der Waals surface area contributed by atoms with E-state index in [-0.39, 0.29) is 0 Å². The van der Waals surface area contributed by atoms with Crippen LogP contribution in [0.3, 0.4) is 0 Å². The standard InChI is InChI=1S/C13H16Cl2O8/c1-6(16)21-11(9(19)4-14)13(23-8(3)18)12(10(20)5-15)22-7(2)17/h11-13H,4-5H2,1-3H3/t11-,12-/m1/s1. The summed E-state index contributed by atoms with van der Waals surface area (Å²) in [5.74, 6) is -5.51. The van der Waals surface area contributed by atoms with Crippen LogP contribution >= 0.6 is 23.2 Å². The normalized spacial score (nSPS) is 13.0. The summed E-state index contributed by atoms with van der Waals surface area (Å²) in [4.78, 5) is 57.4. The van der Waals surface area contributed by atoms with Crippen molar-refractivity contribution in [3.8, 4) is 0 Å². The van der Waals surface area contributed by atoms with E-state index < -0.39 is 59.5 Å². The van der Waals surface area contributed by atoms with Gasteiger partial charge in [-0.25, -0.2) is 0 Å². The monoisotopic (exact) mass is 370 g/mol. The van der Waals surface area contributed by atoms with Crippen molar-refractivity contribution in [2.45, 2.75) is 39.1 Å². The molecule has 0 fully saturated rings. The maximum atomic E-state index is 11.9. The number of carbonyl (C=O) groups excluding carboxylic acids is 5. The van der Waals surface area contributed by atoms with Crippen molar-refractivity contribution in [3.05, 3.63) is 0 Å². The van der Waals surface area contributed by atoms with Gasteiger partial charge in [-0.15, -0.1) is 23.2 Å². The molecule has 2 atom stereocenters. The minimum atomic E-state index is -1.72. The first-order valence-corrected chi connectivity index (χ1v) is 7.39. The fourth-order valence-electron chi connectivity index (χ4n) is 1.62. The van der Waals surface area contributed by atoms with E-state index in [4.69, 9.17) is 37.4 Å². The van der Waals surface area contributed by atoms with E-state index in [1.807, 2.05) is 0 Å². The Morgan fingerprint density at radius 2 is 1.00 bits per heavy atom. The van der Waals surface area contributed by atoms with E-state index in [0.717, 1.165) is 20.8 Å². The summed E-state index contributed by atoms with van der Waals surface area (Å²) < 4.78 is 14.4. The number of hydrogen-bond acceptors (Lipinski definition) is 8. The number of alkyl halides is 2. The molecule has 0 bridgehead atoms. The quantitative estimate of drug-likeness (QED) is 0.325. The summed E-state index contributed by atoms with van der Waals surface area (Å²) in [6.07, 6.45) is -5.13. The number of rotatable bonds is 9. The molecular formula is C13H16Cl2O8. The minimum absolute atomic E-state index is 0.586. The number of halogens is 2. The molecule has 0 amide bonds. The van der Waals surface area contributed by atoms with Gasteiger partial charge in [-0.05, 0) is 0 Å². The van der Waals surface area contributed by atoms with Gasteiger partial charge in [0, 0.05) is 20.8 Å². The fourth-order valence-corrected chi connectivity index (χ4v) is 1.92. The topological polar surface area (TPSA) is 113 Å². The average Bonchev–Trinajstić information content (AvgIpc) is 2.46. The molecule has 0 aromatic rings.